The van der Waals surface area contributed by atoms with E-state index in [1.54, 1.807) is 7.11 Å². The average Bonchev–Trinajstić information content (AvgIpc) is 2.84. The first-order valence-electron chi connectivity index (χ1n) is 7.20. The van der Waals surface area contributed by atoms with Gasteiger partial charge in [0.2, 0.25) is 0 Å². The van der Waals surface area contributed by atoms with Crippen LogP contribution in [0.1, 0.15) is 60.1 Å². The lowest BCUT2D eigenvalue weighted by Crippen LogP contribution is -2.26. The number of amides is 1. The van der Waals surface area contributed by atoms with Crippen LogP contribution in [0.2, 0.25) is 0 Å². The molecule has 0 saturated carbocycles. The Hall–Kier alpha value is -0.980. The predicted octanol–water partition coefficient (Wildman–Crippen LogP) is 2.69. The van der Waals surface area contributed by atoms with Crippen molar-refractivity contribution in [3.05, 3.63) is 15.6 Å². The van der Waals surface area contributed by atoms with Crippen LogP contribution in [0.4, 0.5) is 0 Å². The van der Waals surface area contributed by atoms with Crippen molar-refractivity contribution in [1.29, 1.82) is 0 Å². The van der Waals surface area contributed by atoms with Crippen LogP contribution in [0.15, 0.2) is 0 Å². The molecule has 0 aliphatic heterocycles. The Labute approximate surface area is 130 Å². The van der Waals surface area contributed by atoms with Gasteiger partial charge in [0.15, 0.2) is 0 Å². The molecule has 0 saturated heterocycles. The molecule has 120 valence electrons. The van der Waals surface area contributed by atoms with E-state index in [2.05, 4.69) is 10.3 Å². The van der Waals surface area contributed by atoms with Crippen molar-refractivity contribution in [3.63, 3.8) is 0 Å². The number of aliphatic hydroxyl groups is 1. The maximum Gasteiger partial charge on any atom is 0.263 e. The third-order valence-corrected chi connectivity index (χ3v) is 4.78. The fourth-order valence-corrected chi connectivity index (χ4v) is 2.84. The summed E-state index contributed by atoms with van der Waals surface area (Å²) < 4.78 is 5.23. The van der Waals surface area contributed by atoms with E-state index in [4.69, 9.17) is 4.74 Å². The Balaban J connectivity index is 2.51. The predicted molar refractivity (Wildman–Crippen MR) is 84.7 cm³/mol. The molecule has 5 nitrogen and oxygen atoms in total. The largest absolute Gasteiger partial charge is 0.396 e. The molecular formula is C15H26N2O3S. The van der Waals surface area contributed by atoms with Crippen molar-refractivity contribution in [3.8, 4) is 0 Å². The van der Waals surface area contributed by atoms with E-state index in [9.17, 15) is 9.90 Å². The molecule has 6 heteroatoms. The second-order valence-corrected chi connectivity index (χ2v) is 7.06. The fourth-order valence-electron chi connectivity index (χ4n) is 1.83. The number of nitrogens with one attached hydrogen (secondary N) is 1. The number of aromatic nitrogens is 1. The molecule has 0 bridgehead atoms. The zero-order chi connectivity index (χ0) is 16.0. The molecule has 0 spiro atoms. The topological polar surface area (TPSA) is 71.5 Å². The molecule has 1 amide bonds. The summed E-state index contributed by atoms with van der Waals surface area (Å²) in [5.74, 6) is -0.0821. The standard InChI is InChI=1S/C15H26N2O3S/c1-10-12(21-14(17-10)11(2)20-5)13(19)16-8-6-7-15(3,4)9-18/h11,18H,6-9H2,1-5H3,(H,16,19). The average molecular weight is 314 g/mol. The summed E-state index contributed by atoms with van der Waals surface area (Å²) in [6, 6.07) is 0. The summed E-state index contributed by atoms with van der Waals surface area (Å²) >= 11 is 1.38. The lowest BCUT2D eigenvalue weighted by molar-refractivity contribution is 0.0951. The molecule has 0 aliphatic rings. The lowest BCUT2D eigenvalue weighted by Gasteiger charge is -2.21. The van der Waals surface area contributed by atoms with Crippen LogP contribution in [0.25, 0.3) is 0 Å². The van der Waals surface area contributed by atoms with Gasteiger partial charge in [-0.15, -0.1) is 11.3 Å². The van der Waals surface area contributed by atoms with Crippen molar-refractivity contribution in [2.45, 2.75) is 46.6 Å². The monoisotopic (exact) mass is 314 g/mol. The van der Waals surface area contributed by atoms with Gasteiger partial charge in [0.25, 0.3) is 5.91 Å². The number of hydrogen-bond acceptors (Lipinski definition) is 5. The minimum atomic E-state index is -0.0967. The molecule has 2 N–H and O–H groups in total. The van der Waals surface area contributed by atoms with E-state index in [1.807, 2.05) is 27.7 Å². The summed E-state index contributed by atoms with van der Waals surface area (Å²) in [7, 11) is 1.63. The number of carbonyl (C=O) groups excluding carboxylic acids is 1. The SMILES string of the molecule is COC(C)c1nc(C)c(C(=O)NCCCC(C)(C)CO)s1. The summed E-state index contributed by atoms with van der Waals surface area (Å²) in [5.41, 5.74) is 0.652. The smallest absolute Gasteiger partial charge is 0.263 e. The Morgan fingerprint density at radius 3 is 2.76 bits per heavy atom. The number of aliphatic hydroxyl groups excluding tert-OH is 1. The van der Waals surface area contributed by atoms with E-state index >= 15 is 0 Å². The van der Waals surface area contributed by atoms with Crippen LogP contribution in [-0.2, 0) is 4.74 Å². The van der Waals surface area contributed by atoms with Gasteiger partial charge in [-0.2, -0.15) is 0 Å². The van der Waals surface area contributed by atoms with Crippen LogP contribution in [-0.4, -0.2) is 36.3 Å². The number of rotatable bonds is 8. The third kappa shape index (κ3) is 5.37. The molecule has 1 atom stereocenters. The highest BCUT2D eigenvalue weighted by molar-refractivity contribution is 7.13. The molecule has 1 unspecified atom stereocenters. The molecule has 1 rings (SSSR count). The first-order valence-corrected chi connectivity index (χ1v) is 8.01. The van der Waals surface area contributed by atoms with Crippen molar-refractivity contribution in [2.24, 2.45) is 5.41 Å². The van der Waals surface area contributed by atoms with E-state index in [-0.39, 0.29) is 24.0 Å². The van der Waals surface area contributed by atoms with E-state index < -0.39 is 0 Å². The zero-order valence-electron chi connectivity index (χ0n) is 13.5. The first kappa shape index (κ1) is 18.1. The molecule has 0 fully saturated rings. The van der Waals surface area contributed by atoms with Crippen LogP contribution in [0.3, 0.4) is 0 Å². The Kier molecular flexibility index (Phi) is 6.77. The second kappa shape index (κ2) is 7.87. The van der Waals surface area contributed by atoms with E-state index in [1.165, 1.54) is 11.3 Å². The van der Waals surface area contributed by atoms with Gasteiger partial charge in [-0.25, -0.2) is 4.98 Å². The maximum absolute atomic E-state index is 12.2. The minimum Gasteiger partial charge on any atom is -0.396 e. The quantitative estimate of drug-likeness (QED) is 0.724. The lowest BCUT2D eigenvalue weighted by atomic mass is 9.89. The molecule has 21 heavy (non-hydrogen) atoms. The summed E-state index contributed by atoms with van der Waals surface area (Å²) in [6.07, 6.45) is 1.62. The third-order valence-electron chi connectivity index (χ3n) is 3.46. The van der Waals surface area contributed by atoms with Crippen molar-refractivity contribution < 1.29 is 14.6 Å². The maximum atomic E-state index is 12.2. The molecule has 1 heterocycles. The first-order chi connectivity index (χ1) is 9.80. The van der Waals surface area contributed by atoms with Crippen molar-refractivity contribution in [2.75, 3.05) is 20.3 Å². The van der Waals surface area contributed by atoms with Gasteiger partial charge in [-0.1, -0.05) is 13.8 Å². The molecule has 1 aromatic rings. The highest BCUT2D eigenvalue weighted by atomic mass is 32.1. The zero-order valence-corrected chi connectivity index (χ0v) is 14.3. The van der Waals surface area contributed by atoms with Gasteiger partial charge < -0.3 is 15.2 Å². The van der Waals surface area contributed by atoms with Gasteiger partial charge in [0.05, 0.1) is 5.69 Å². The van der Waals surface area contributed by atoms with Crippen molar-refractivity contribution in [1.82, 2.24) is 10.3 Å². The number of carbonyl (C=O) groups is 1. The highest BCUT2D eigenvalue weighted by Gasteiger charge is 2.19. The molecule has 0 radical (unpaired) electrons. The van der Waals surface area contributed by atoms with Crippen LogP contribution < -0.4 is 5.32 Å². The number of aryl methyl sites for hydroxylation is 1. The van der Waals surface area contributed by atoms with Gasteiger partial charge >= 0.3 is 0 Å². The number of hydrogen-bond donors (Lipinski definition) is 2. The normalized spacial score (nSPS) is 13.2. The second-order valence-electron chi connectivity index (χ2n) is 6.03. The number of methoxy groups -OCH3 is 1. The Morgan fingerprint density at radius 2 is 2.19 bits per heavy atom. The molecule has 0 aromatic carbocycles. The van der Waals surface area contributed by atoms with Gasteiger partial charge in [-0.3, -0.25) is 4.79 Å². The summed E-state index contributed by atoms with van der Waals surface area (Å²) in [4.78, 5) is 17.2. The Morgan fingerprint density at radius 1 is 1.52 bits per heavy atom. The van der Waals surface area contributed by atoms with Gasteiger partial charge in [0, 0.05) is 20.3 Å². The van der Waals surface area contributed by atoms with Crippen LogP contribution >= 0.6 is 11.3 Å². The summed E-state index contributed by atoms with van der Waals surface area (Å²) in [6.45, 7) is 8.55. The number of thiazole rings is 1. The van der Waals surface area contributed by atoms with Gasteiger partial charge in [-0.05, 0) is 32.1 Å². The highest BCUT2D eigenvalue weighted by Crippen LogP contribution is 2.25. The minimum absolute atomic E-state index is 0.0821. The number of nitrogens with zero attached hydrogens (tertiary/aromatic N) is 1. The van der Waals surface area contributed by atoms with Crippen molar-refractivity contribution >= 4 is 17.2 Å². The molecular weight excluding hydrogens is 288 g/mol. The molecule has 1 aromatic heterocycles. The van der Waals surface area contributed by atoms with Gasteiger partial charge in [0.1, 0.15) is 16.0 Å². The number of ether oxygens (including phenoxy) is 1. The molecule has 0 aliphatic carbocycles. The Bertz CT molecular complexity index is 471. The van der Waals surface area contributed by atoms with E-state index in [0.717, 1.165) is 23.5 Å². The summed E-state index contributed by atoms with van der Waals surface area (Å²) in [5, 5.41) is 12.9. The fraction of sp³-hybridized carbons (Fsp3) is 0.733. The van der Waals surface area contributed by atoms with E-state index in [0.29, 0.717) is 11.4 Å². The van der Waals surface area contributed by atoms with Crippen LogP contribution in [0, 0.1) is 12.3 Å². The van der Waals surface area contributed by atoms with Crippen LogP contribution in [0.5, 0.6) is 0 Å².